The van der Waals surface area contributed by atoms with Crippen LogP contribution in [0, 0.1) is 11.8 Å². The van der Waals surface area contributed by atoms with E-state index in [4.69, 9.17) is 0 Å². The summed E-state index contributed by atoms with van der Waals surface area (Å²) in [5.74, 6) is 0.142. The molecule has 2 aromatic carbocycles. The van der Waals surface area contributed by atoms with Crippen LogP contribution in [0.15, 0.2) is 70.3 Å². The fraction of sp³-hybridized carbons (Fsp3) is 0.320. The average molecular weight is 512 g/mol. The summed E-state index contributed by atoms with van der Waals surface area (Å²) in [6.45, 7) is 0. The van der Waals surface area contributed by atoms with Crippen molar-refractivity contribution in [2.45, 2.75) is 36.5 Å². The molecule has 0 aliphatic heterocycles. The van der Waals surface area contributed by atoms with Crippen LogP contribution in [0.25, 0.3) is 0 Å². The van der Waals surface area contributed by atoms with Crippen molar-refractivity contribution in [1.29, 1.82) is 0 Å². The van der Waals surface area contributed by atoms with Gasteiger partial charge in [-0.3, -0.25) is 14.3 Å². The van der Waals surface area contributed by atoms with Crippen LogP contribution in [0.3, 0.4) is 0 Å². The van der Waals surface area contributed by atoms with Gasteiger partial charge in [-0.05, 0) is 30.5 Å². The Bertz CT molecular complexity index is 1080. The number of carbonyl (C=O) groups is 2. The number of amides is 1. The summed E-state index contributed by atoms with van der Waals surface area (Å²) >= 11 is 5.06. The molecule has 1 aliphatic carbocycles. The summed E-state index contributed by atoms with van der Waals surface area (Å²) in [6.07, 6.45) is 5.10. The third-order valence-corrected chi connectivity index (χ3v) is 7.69. The Morgan fingerprint density at radius 2 is 1.75 bits per heavy atom. The molecule has 1 aliphatic rings. The number of rotatable bonds is 7. The van der Waals surface area contributed by atoms with Gasteiger partial charge < -0.3 is 5.32 Å². The molecular weight excluding hydrogens is 486 g/mol. The summed E-state index contributed by atoms with van der Waals surface area (Å²) in [5.41, 5.74) is 2.58. The maximum absolute atomic E-state index is 13.3. The van der Waals surface area contributed by atoms with E-state index in [9.17, 15) is 9.59 Å². The lowest BCUT2D eigenvalue weighted by Crippen LogP contribution is -2.36. The molecule has 1 N–H and O–H groups in total. The predicted octanol–water partition coefficient (Wildman–Crippen LogP) is 6.10. The maximum atomic E-state index is 13.3. The Hall–Kier alpha value is -2.38. The van der Waals surface area contributed by atoms with Crippen LogP contribution in [-0.2, 0) is 17.6 Å². The number of halogens is 1. The number of anilines is 1. The van der Waals surface area contributed by atoms with E-state index in [0.29, 0.717) is 11.3 Å². The van der Waals surface area contributed by atoms with Crippen LogP contribution in [0.2, 0.25) is 0 Å². The van der Waals surface area contributed by atoms with Gasteiger partial charge in [-0.25, -0.2) is 0 Å². The summed E-state index contributed by atoms with van der Waals surface area (Å²) < 4.78 is 2.72. The zero-order valence-electron chi connectivity index (χ0n) is 18.0. The fourth-order valence-corrected chi connectivity index (χ4v) is 5.47. The van der Waals surface area contributed by atoms with Gasteiger partial charge in [-0.1, -0.05) is 83.0 Å². The first kappa shape index (κ1) is 22.8. The Kier molecular flexibility index (Phi) is 7.48. The second-order valence-corrected chi connectivity index (χ2v) is 10.00. The molecule has 1 saturated carbocycles. The highest BCUT2D eigenvalue weighted by molar-refractivity contribution is 9.10. The minimum Gasteiger partial charge on any atom is -0.322 e. The fourth-order valence-electron chi connectivity index (χ4n) is 4.22. The van der Waals surface area contributed by atoms with Gasteiger partial charge in [0, 0.05) is 34.7 Å². The van der Waals surface area contributed by atoms with Gasteiger partial charge in [0.15, 0.2) is 5.78 Å². The molecule has 4 rings (SSSR count). The van der Waals surface area contributed by atoms with Crippen LogP contribution in [-0.4, -0.2) is 21.5 Å². The first-order valence-corrected chi connectivity index (χ1v) is 12.6. The smallest absolute Gasteiger partial charge is 0.228 e. The molecule has 0 unspecified atom stereocenters. The predicted molar refractivity (Wildman–Crippen MR) is 132 cm³/mol. The molecule has 0 bridgehead atoms. The number of carbonyl (C=O) groups excluding carboxylic acids is 2. The SMILES string of the molecule is Cn1ncc(NC(=O)[C@@H]2CCCC[C@H]2C(=O)c2ccc(Br)cc2)c1SCc1ccccc1. The van der Waals surface area contributed by atoms with Gasteiger partial charge in [0.05, 0.1) is 11.9 Å². The second-order valence-electron chi connectivity index (χ2n) is 8.12. The lowest BCUT2D eigenvalue weighted by Gasteiger charge is -2.29. The van der Waals surface area contributed by atoms with Crippen LogP contribution in [0.1, 0.15) is 41.6 Å². The van der Waals surface area contributed by atoms with E-state index in [2.05, 4.69) is 38.5 Å². The summed E-state index contributed by atoms with van der Waals surface area (Å²) in [7, 11) is 1.88. The largest absolute Gasteiger partial charge is 0.322 e. The standard InChI is InChI=1S/C25H26BrN3O2S/c1-29-25(32-16-17-7-3-2-4-8-17)22(15-27-29)28-24(31)21-10-6-5-9-20(21)23(30)18-11-13-19(26)14-12-18/h2-4,7-8,11-15,20-21H,5-6,9-10,16H2,1H3,(H,28,31)/t20-,21-/m1/s1. The topological polar surface area (TPSA) is 64.0 Å². The number of hydrogen-bond acceptors (Lipinski definition) is 4. The Labute approximate surface area is 201 Å². The quantitative estimate of drug-likeness (QED) is 0.307. The van der Waals surface area contributed by atoms with Gasteiger partial charge in [0.1, 0.15) is 5.03 Å². The molecule has 1 fully saturated rings. The van der Waals surface area contributed by atoms with E-state index in [-0.39, 0.29) is 23.5 Å². The zero-order valence-corrected chi connectivity index (χ0v) is 20.4. The van der Waals surface area contributed by atoms with E-state index in [1.54, 1.807) is 22.6 Å². The molecule has 32 heavy (non-hydrogen) atoms. The van der Waals surface area contributed by atoms with Crippen molar-refractivity contribution in [2.24, 2.45) is 18.9 Å². The Balaban J connectivity index is 1.47. The number of hydrogen-bond donors (Lipinski definition) is 1. The van der Waals surface area contributed by atoms with E-state index in [1.807, 2.05) is 49.5 Å². The lowest BCUT2D eigenvalue weighted by molar-refractivity contribution is -0.122. The number of nitrogens with one attached hydrogen (secondary N) is 1. The number of Topliss-reactive ketones (excluding diaryl/α,β-unsaturated/α-hetero) is 1. The molecule has 7 heteroatoms. The highest BCUT2D eigenvalue weighted by Gasteiger charge is 2.36. The van der Waals surface area contributed by atoms with Crippen molar-refractivity contribution < 1.29 is 9.59 Å². The monoisotopic (exact) mass is 511 g/mol. The normalized spacial score (nSPS) is 18.3. The zero-order chi connectivity index (χ0) is 22.5. The molecule has 0 radical (unpaired) electrons. The molecule has 166 valence electrons. The Morgan fingerprint density at radius 3 is 2.47 bits per heavy atom. The number of ketones is 1. The van der Waals surface area contributed by atoms with E-state index in [0.717, 1.165) is 40.9 Å². The molecule has 1 heterocycles. The first-order chi connectivity index (χ1) is 15.5. The minimum absolute atomic E-state index is 0.0576. The van der Waals surface area contributed by atoms with Gasteiger partial charge in [0.2, 0.25) is 5.91 Å². The summed E-state index contributed by atoms with van der Waals surface area (Å²) in [4.78, 5) is 26.5. The van der Waals surface area contributed by atoms with Crippen LogP contribution >= 0.6 is 27.7 Å². The summed E-state index contributed by atoms with van der Waals surface area (Å²) in [6, 6.07) is 17.6. The number of nitrogens with zero attached hydrogens (tertiary/aromatic N) is 2. The van der Waals surface area contributed by atoms with Crippen molar-refractivity contribution in [3.63, 3.8) is 0 Å². The van der Waals surface area contributed by atoms with E-state index < -0.39 is 0 Å². The number of benzene rings is 2. The Morgan fingerprint density at radius 1 is 1.06 bits per heavy atom. The van der Waals surface area contributed by atoms with Gasteiger partial charge in [0.25, 0.3) is 0 Å². The van der Waals surface area contributed by atoms with Crippen LogP contribution < -0.4 is 5.32 Å². The van der Waals surface area contributed by atoms with Crippen molar-refractivity contribution in [2.75, 3.05) is 5.32 Å². The molecule has 1 amide bonds. The average Bonchev–Trinajstić information content (AvgIpc) is 3.17. The van der Waals surface area contributed by atoms with Gasteiger partial charge in [-0.15, -0.1) is 0 Å². The van der Waals surface area contributed by atoms with Crippen molar-refractivity contribution in [3.8, 4) is 0 Å². The van der Waals surface area contributed by atoms with Crippen molar-refractivity contribution >= 4 is 45.1 Å². The van der Waals surface area contributed by atoms with Crippen molar-refractivity contribution in [1.82, 2.24) is 9.78 Å². The highest BCUT2D eigenvalue weighted by atomic mass is 79.9. The van der Waals surface area contributed by atoms with Crippen LogP contribution in [0.5, 0.6) is 0 Å². The molecule has 1 aromatic heterocycles. The van der Waals surface area contributed by atoms with Crippen LogP contribution in [0.4, 0.5) is 5.69 Å². The molecule has 5 nitrogen and oxygen atoms in total. The number of aromatic nitrogens is 2. The van der Waals surface area contributed by atoms with E-state index in [1.165, 1.54) is 5.56 Å². The third-order valence-electron chi connectivity index (χ3n) is 5.93. The third kappa shape index (κ3) is 5.33. The number of aryl methyl sites for hydroxylation is 1. The molecular formula is C25H26BrN3O2S. The summed E-state index contributed by atoms with van der Waals surface area (Å²) in [5, 5.41) is 8.34. The van der Waals surface area contributed by atoms with Gasteiger partial charge >= 0.3 is 0 Å². The molecule has 3 aromatic rings. The molecule has 0 spiro atoms. The first-order valence-electron chi connectivity index (χ1n) is 10.8. The van der Waals surface area contributed by atoms with Gasteiger partial charge in [-0.2, -0.15) is 5.10 Å². The molecule has 2 atom stereocenters. The second kappa shape index (κ2) is 10.5. The van der Waals surface area contributed by atoms with E-state index >= 15 is 0 Å². The van der Waals surface area contributed by atoms with Crippen molar-refractivity contribution in [3.05, 3.63) is 76.4 Å². The minimum atomic E-state index is -0.327. The lowest BCUT2D eigenvalue weighted by atomic mass is 9.75. The number of thioether (sulfide) groups is 1. The molecule has 0 saturated heterocycles. The highest BCUT2D eigenvalue weighted by Crippen LogP contribution is 2.35. The maximum Gasteiger partial charge on any atom is 0.228 e.